The van der Waals surface area contributed by atoms with Gasteiger partial charge < -0.3 is 9.84 Å². The minimum atomic E-state index is -0.373. The highest BCUT2D eigenvalue weighted by Gasteiger charge is 2.29. The fourth-order valence-electron chi connectivity index (χ4n) is 2.00. The first-order chi connectivity index (χ1) is 10.8. The van der Waals surface area contributed by atoms with Crippen molar-refractivity contribution in [3.63, 3.8) is 0 Å². The molecule has 0 aliphatic heterocycles. The third kappa shape index (κ3) is 2.48. The lowest BCUT2D eigenvalue weighted by Gasteiger charge is -2.02. The number of amides is 1. The van der Waals surface area contributed by atoms with E-state index in [0.717, 1.165) is 23.5 Å². The van der Waals surface area contributed by atoms with Crippen molar-refractivity contribution in [2.45, 2.75) is 18.8 Å². The second-order valence-electron chi connectivity index (χ2n) is 4.92. The van der Waals surface area contributed by atoms with Gasteiger partial charge in [0.25, 0.3) is 11.8 Å². The molecule has 1 N–H and O–H groups in total. The van der Waals surface area contributed by atoms with Crippen molar-refractivity contribution in [2.75, 3.05) is 5.32 Å². The van der Waals surface area contributed by atoms with Crippen molar-refractivity contribution in [1.29, 1.82) is 0 Å². The van der Waals surface area contributed by atoms with Gasteiger partial charge in [-0.1, -0.05) is 5.16 Å². The van der Waals surface area contributed by atoms with Gasteiger partial charge in [-0.15, -0.1) is 11.3 Å². The van der Waals surface area contributed by atoms with Crippen molar-refractivity contribution in [3.8, 4) is 10.8 Å². The average Bonchev–Trinajstić information content (AvgIpc) is 3.10. The first-order valence-corrected chi connectivity index (χ1v) is 7.69. The minimum absolute atomic E-state index is 0.115. The van der Waals surface area contributed by atoms with Crippen LogP contribution in [0.1, 0.15) is 35.2 Å². The Kier molecular flexibility index (Phi) is 3.15. The summed E-state index contributed by atoms with van der Waals surface area (Å²) in [6, 6.07) is 3.45. The highest BCUT2D eigenvalue weighted by molar-refractivity contribution is 7.14. The van der Waals surface area contributed by atoms with Crippen LogP contribution >= 0.6 is 11.3 Å². The molecule has 0 aromatic carbocycles. The molecule has 0 bridgehead atoms. The van der Waals surface area contributed by atoms with Crippen molar-refractivity contribution >= 4 is 22.9 Å². The zero-order valence-electron chi connectivity index (χ0n) is 11.4. The van der Waals surface area contributed by atoms with Crippen molar-refractivity contribution in [1.82, 2.24) is 20.1 Å². The molecule has 1 fully saturated rings. The highest BCUT2D eigenvalue weighted by atomic mass is 32.1. The molecule has 0 saturated heterocycles. The maximum absolute atomic E-state index is 12.1. The number of carbonyl (C=O) groups is 1. The summed E-state index contributed by atoms with van der Waals surface area (Å²) >= 11 is 1.43. The van der Waals surface area contributed by atoms with Crippen LogP contribution in [0.2, 0.25) is 0 Å². The zero-order chi connectivity index (χ0) is 14.9. The predicted molar refractivity (Wildman–Crippen MR) is 79.6 cm³/mol. The Morgan fingerprint density at radius 1 is 1.32 bits per heavy atom. The molecule has 0 unspecified atom stereocenters. The second-order valence-corrected chi connectivity index (χ2v) is 5.84. The van der Waals surface area contributed by atoms with Crippen molar-refractivity contribution in [3.05, 3.63) is 41.6 Å². The van der Waals surface area contributed by atoms with Gasteiger partial charge in [-0.05, 0) is 30.4 Å². The standard InChI is InChI=1S/C14H11N5O2S/c20-13(12-15-5-1-6-16-12)17-9-4-7-22-10(9)14-18-11(19-21-14)8-2-3-8/h1,4-8H,2-3H2,(H,17,20). The molecular weight excluding hydrogens is 302 g/mol. The predicted octanol–water partition coefficient (Wildman–Crippen LogP) is 2.72. The SMILES string of the molecule is O=C(Nc1ccsc1-c1nc(C2CC2)no1)c1ncccn1. The molecule has 0 radical (unpaired) electrons. The summed E-state index contributed by atoms with van der Waals surface area (Å²) in [7, 11) is 0. The first kappa shape index (κ1) is 13.1. The van der Waals surface area contributed by atoms with Crippen molar-refractivity contribution < 1.29 is 9.32 Å². The number of hydrogen-bond acceptors (Lipinski definition) is 7. The average molecular weight is 313 g/mol. The summed E-state index contributed by atoms with van der Waals surface area (Å²) in [5.41, 5.74) is 0.619. The third-order valence-corrected chi connectivity index (χ3v) is 4.16. The number of anilines is 1. The Bertz CT molecular complexity index is 810. The summed E-state index contributed by atoms with van der Waals surface area (Å²) in [6.07, 6.45) is 5.27. The molecule has 7 nitrogen and oxygen atoms in total. The summed E-state index contributed by atoms with van der Waals surface area (Å²) < 4.78 is 5.31. The lowest BCUT2D eigenvalue weighted by Crippen LogP contribution is -2.15. The van der Waals surface area contributed by atoms with Crippen LogP contribution in [0.5, 0.6) is 0 Å². The van der Waals surface area contributed by atoms with Crippen LogP contribution in [-0.2, 0) is 0 Å². The molecule has 3 heterocycles. The molecule has 4 rings (SSSR count). The molecule has 0 atom stereocenters. The van der Waals surface area contributed by atoms with Gasteiger partial charge in [0.15, 0.2) is 5.82 Å². The van der Waals surface area contributed by atoms with Gasteiger partial charge in [-0.3, -0.25) is 4.79 Å². The molecule has 22 heavy (non-hydrogen) atoms. The number of rotatable bonds is 4. The van der Waals surface area contributed by atoms with Gasteiger partial charge in [-0.25, -0.2) is 9.97 Å². The maximum Gasteiger partial charge on any atom is 0.293 e. The number of thiophene rings is 1. The van der Waals surface area contributed by atoms with Crippen LogP contribution in [0.4, 0.5) is 5.69 Å². The number of nitrogens with one attached hydrogen (secondary N) is 1. The number of nitrogens with zero attached hydrogens (tertiary/aromatic N) is 4. The van der Waals surface area contributed by atoms with E-state index in [1.165, 1.54) is 23.7 Å². The van der Waals surface area contributed by atoms with E-state index < -0.39 is 0 Å². The van der Waals surface area contributed by atoms with E-state index in [1.54, 1.807) is 12.1 Å². The third-order valence-electron chi connectivity index (χ3n) is 3.26. The van der Waals surface area contributed by atoms with E-state index in [-0.39, 0.29) is 11.7 Å². The van der Waals surface area contributed by atoms with Gasteiger partial charge in [0, 0.05) is 18.3 Å². The Labute approximate surface area is 129 Å². The van der Waals surface area contributed by atoms with Crippen LogP contribution < -0.4 is 5.32 Å². The quantitative estimate of drug-likeness (QED) is 0.796. The van der Waals surface area contributed by atoms with E-state index in [0.29, 0.717) is 17.5 Å². The highest BCUT2D eigenvalue weighted by Crippen LogP contribution is 2.40. The van der Waals surface area contributed by atoms with Gasteiger partial charge >= 0.3 is 0 Å². The van der Waals surface area contributed by atoms with E-state index in [4.69, 9.17) is 4.52 Å². The monoisotopic (exact) mass is 313 g/mol. The molecule has 1 aliphatic rings. The lowest BCUT2D eigenvalue weighted by atomic mass is 10.3. The number of aromatic nitrogens is 4. The number of hydrogen-bond donors (Lipinski definition) is 1. The first-order valence-electron chi connectivity index (χ1n) is 6.81. The van der Waals surface area contributed by atoms with Gasteiger partial charge in [0.1, 0.15) is 4.88 Å². The summed E-state index contributed by atoms with van der Waals surface area (Å²) in [5, 5.41) is 8.63. The summed E-state index contributed by atoms with van der Waals surface area (Å²) in [4.78, 5) is 25.1. The molecule has 8 heteroatoms. The normalized spacial score (nSPS) is 14.0. The molecule has 3 aromatic rings. The van der Waals surface area contributed by atoms with Crippen LogP contribution in [0.3, 0.4) is 0 Å². The molecule has 0 spiro atoms. The summed E-state index contributed by atoms with van der Waals surface area (Å²) in [5.74, 6) is 1.34. The van der Waals surface area contributed by atoms with E-state index in [1.807, 2.05) is 5.38 Å². The maximum atomic E-state index is 12.1. The van der Waals surface area contributed by atoms with Gasteiger partial charge in [-0.2, -0.15) is 4.98 Å². The largest absolute Gasteiger partial charge is 0.333 e. The molecule has 110 valence electrons. The zero-order valence-corrected chi connectivity index (χ0v) is 12.2. The van der Waals surface area contributed by atoms with Crippen LogP contribution in [0.15, 0.2) is 34.4 Å². The molecule has 3 aromatic heterocycles. The second kappa shape index (κ2) is 5.30. The number of carbonyl (C=O) groups excluding carboxylic acids is 1. The Morgan fingerprint density at radius 2 is 2.14 bits per heavy atom. The van der Waals surface area contributed by atoms with Crippen molar-refractivity contribution in [2.24, 2.45) is 0 Å². The van der Waals surface area contributed by atoms with Gasteiger partial charge in [0.2, 0.25) is 5.82 Å². The Hall–Kier alpha value is -2.61. The molecule has 1 aliphatic carbocycles. The molecule has 1 saturated carbocycles. The topological polar surface area (TPSA) is 93.8 Å². The van der Waals surface area contributed by atoms with Crippen LogP contribution in [0.25, 0.3) is 10.8 Å². The Morgan fingerprint density at radius 3 is 2.91 bits per heavy atom. The summed E-state index contributed by atoms with van der Waals surface area (Å²) in [6.45, 7) is 0. The van der Waals surface area contributed by atoms with Crippen LogP contribution in [-0.4, -0.2) is 26.0 Å². The van der Waals surface area contributed by atoms with E-state index in [9.17, 15) is 4.79 Å². The van der Waals surface area contributed by atoms with Gasteiger partial charge in [0.05, 0.1) is 5.69 Å². The minimum Gasteiger partial charge on any atom is -0.333 e. The lowest BCUT2D eigenvalue weighted by molar-refractivity contribution is 0.101. The Balaban J connectivity index is 1.58. The van der Waals surface area contributed by atoms with E-state index >= 15 is 0 Å². The smallest absolute Gasteiger partial charge is 0.293 e. The van der Waals surface area contributed by atoms with E-state index in [2.05, 4.69) is 25.4 Å². The fourth-order valence-corrected chi connectivity index (χ4v) is 2.77. The fraction of sp³-hybridized carbons (Fsp3) is 0.214. The molecule has 1 amide bonds. The van der Waals surface area contributed by atoms with Crippen LogP contribution in [0, 0.1) is 0 Å². The molecular formula is C14H11N5O2S.